The Balaban J connectivity index is 2.04. The van der Waals surface area contributed by atoms with Crippen molar-refractivity contribution in [3.63, 3.8) is 0 Å². The summed E-state index contributed by atoms with van der Waals surface area (Å²) in [7, 11) is 0. The van der Waals surface area contributed by atoms with Gasteiger partial charge in [0, 0.05) is 0 Å². The molecule has 0 saturated heterocycles. The van der Waals surface area contributed by atoms with Crippen LogP contribution in [0.2, 0.25) is 0 Å². The Morgan fingerprint density at radius 3 is 1.22 bits per heavy atom. The van der Waals surface area contributed by atoms with Crippen molar-refractivity contribution in [2.45, 2.75) is 44.9 Å². The maximum Gasteiger partial charge on any atom is -0.0241 e. The molecule has 0 atom stereocenters. The highest BCUT2D eigenvalue weighted by Crippen LogP contribution is 2.77. The Morgan fingerprint density at radius 1 is 0.556 bits per heavy atom. The molecule has 0 N–H and O–H groups in total. The van der Waals surface area contributed by atoms with Crippen LogP contribution in [0.25, 0.3) is 0 Å². The van der Waals surface area contributed by atoms with Gasteiger partial charge in [-0.05, 0) is 49.4 Å². The molecule has 0 aromatic heterocycles. The predicted octanol–water partition coefficient (Wildman–Crippen LogP) is 2.73. The summed E-state index contributed by atoms with van der Waals surface area (Å²) in [6.07, 6.45) is 11.1. The van der Waals surface area contributed by atoms with Crippen molar-refractivity contribution >= 4 is 0 Å². The van der Waals surface area contributed by atoms with E-state index in [1.807, 2.05) is 0 Å². The Morgan fingerprint density at radius 2 is 1.00 bits per heavy atom. The maximum atomic E-state index is 1.59. The van der Waals surface area contributed by atoms with Gasteiger partial charge in [-0.3, -0.25) is 0 Å². The minimum absolute atomic E-state index is 0.951. The highest BCUT2D eigenvalue weighted by Gasteiger charge is 2.66. The lowest BCUT2D eigenvalue weighted by molar-refractivity contribution is -0.150. The average molecular weight is 122 g/mol. The first-order valence-corrected chi connectivity index (χ1v) is 4.37. The lowest BCUT2D eigenvalue weighted by Crippen LogP contribution is -2.55. The van der Waals surface area contributed by atoms with Crippen molar-refractivity contribution in [1.82, 2.24) is 0 Å². The van der Waals surface area contributed by atoms with Crippen LogP contribution in [-0.4, -0.2) is 0 Å². The van der Waals surface area contributed by atoms with E-state index in [1.54, 1.807) is 44.9 Å². The first-order valence-electron chi connectivity index (χ1n) is 4.37. The highest BCUT2D eigenvalue weighted by atomic mass is 14.7. The molecule has 3 saturated carbocycles. The van der Waals surface area contributed by atoms with Crippen molar-refractivity contribution in [2.75, 3.05) is 0 Å². The van der Waals surface area contributed by atoms with E-state index < -0.39 is 0 Å². The molecule has 0 nitrogen and oxygen atoms in total. The summed E-state index contributed by atoms with van der Waals surface area (Å²) in [6.45, 7) is 0. The van der Waals surface area contributed by atoms with Gasteiger partial charge in [-0.15, -0.1) is 0 Å². The molecule has 50 valence electrons. The second-order valence-corrected chi connectivity index (χ2v) is 4.41. The van der Waals surface area contributed by atoms with Crippen molar-refractivity contribution in [3.05, 3.63) is 0 Å². The summed E-state index contributed by atoms with van der Waals surface area (Å²) in [6, 6.07) is 0. The van der Waals surface area contributed by atoms with Gasteiger partial charge in [-0.25, -0.2) is 0 Å². The van der Waals surface area contributed by atoms with Crippen LogP contribution in [0, 0.1) is 10.8 Å². The second kappa shape index (κ2) is 1.09. The summed E-state index contributed by atoms with van der Waals surface area (Å²) in [4.78, 5) is 0. The van der Waals surface area contributed by atoms with Gasteiger partial charge in [-0.1, -0.05) is 6.42 Å². The molecule has 0 unspecified atom stereocenters. The molecule has 3 fully saturated rings. The fourth-order valence-corrected chi connectivity index (χ4v) is 3.71. The van der Waals surface area contributed by atoms with E-state index in [0.29, 0.717) is 0 Å². The highest BCUT2D eigenvalue weighted by molar-refractivity contribution is 5.17. The fourth-order valence-electron chi connectivity index (χ4n) is 3.71. The van der Waals surface area contributed by atoms with Crippen molar-refractivity contribution in [2.24, 2.45) is 10.8 Å². The predicted molar refractivity (Wildman–Crippen MR) is 37.2 cm³/mol. The zero-order chi connectivity index (χ0) is 5.95. The van der Waals surface area contributed by atoms with E-state index >= 15 is 0 Å². The molecule has 3 aliphatic carbocycles. The third-order valence-electron chi connectivity index (χ3n) is 4.60. The number of hydrogen-bond acceptors (Lipinski definition) is 0. The van der Waals surface area contributed by atoms with Crippen LogP contribution in [-0.2, 0) is 0 Å². The molecule has 0 radical (unpaired) electrons. The molecule has 9 heavy (non-hydrogen) atoms. The second-order valence-electron chi connectivity index (χ2n) is 4.41. The van der Waals surface area contributed by atoms with Gasteiger partial charge in [0.25, 0.3) is 0 Å². The van der Waals surface area contributed by atoms with Crippen LogP contribution in [0.15, 0.2) is 0 Å². The summed E-state index contributed by atoms with van der Waals surface area (Å²) in [5.74, 6) is 0. The SMILES string of the molecule is C1CC23CCC2(C1)CC3. The van der Waals surface area contributed by atoms with E-state index in [1.165, 1.54) is 0 Å². The molecule has 0 heterocycles. The molecule has 0 heteroatoms. The van der Waals surface area contributed by atoms with Crippen LogP contribution >= 0.6 is 0 Å². The van der Waals surface area contributed by atoms with Crippen molar-refractivity contribution in [1.29, 1.82) is 0 Å². The van der Waals surface area contributed by atoms with E-state index in [-0.39, 0.29) is 0 Å². The summed E-state index contributed by atoms with van der Waals surface area (Å²) >= 11 is 0. The van der Waals surface area contributed by atoms with Crippen LogP contribution in [0.4, 0.5) is 0 Å². The summed E-state index contributed by atoms with van der Waals surface area (Å²) in [5, 5.41) is 0. The minimum Gasteiger partial charge on any atom is -0.0522 e. The monoisotopic (exact) mass is 122 g/mol. The Labute approximate surface area is 56.6 Å². The Bertz CT molecular complexity index is 131. The van der Waals surface area contributed by atoms with Gasteiger partial charge in [0.1, 0.15) is 0 Å². The molecular formula is C9H14. The standard InChI is InChI=1S/C9H14/c1-2-8-4-6-9(8,3-1)7-5-8/h1-7H2. The van der Waals surface area contributed by atoms with Crippen LogP contribution in [0.5, 0.6) is 0 Å². The van der Waals surface area contributed by atoms with Gasteiger partial charge in [-0.2, -0.15) is 0 Å². The zero-order valence-electron chi connectivity index (χ0n) is 5.95. The topological polar surface area (TPSA) is 0 Å². The van der Waals surface area contributed by atoms with Crippen LogP contribution in [0.1, 0.15) is 44.9 Å². The third kappa shape index (κ3) is 0.300. The lowest BCUT2D eigenvalue weighted by Gasteiger charge is -2.65. The first kappa shape index (κ1) is 4.76. The minimum atomic E-state index is 0.951. The van der Waals surface area contributed by atoms with E-state index in [4.69, 9.17) is 0 Å². The summed E-state index contributed by atoms with van der Waals surface area (Å²) in [5.41, 5.74) is 1.90. The molecule has 0 bridgehead atoms. The Hall–Kier alpha value is 0. The van der Waals surface area contributed by atoms with Gasteiger partial charge < -0.3 is 0 Å². The van der Waals surface area contributed by atoms with Gasteiger partial charge >= 0.3 is 0 Å². The van der Waals surface area contributed by atoms with E-state index in [0.717, 1.165) is 10.8 Å². The number of hydrogen-bond donors (Lipinski definition) is 0. The van der Waals surface area contributed by atoms with Gasteiger partial charge in [0.05, 0.1) is 0 Å². The van der Waals surface area contributed by atoms with E-state index in [2.05, 4.69) is 0 Å². The zero-order valence-corrected chi connectivity index (χ0v) is 5.95. The smallest absolute Gasteiger partial charge is 0.0241 e. The van der Waals surface area contributed by atoms with Crippen molar-refractivity contribution in [3.8, 4) is 0 Å². The largest absolute Gasteiger partial charge is 0.0522 e. The first-order chi connectivity index (χ1) is 4.37. The maximum absolute atomic E-state index is 1.59. The molecule has 0 spiro atoms. The van der Waals surface area contributed by atoms with E-state index in [9.17, 15) is 0 Å². The molecule has 0 aromatic rings. The normalized spacial score (nSPS) is 61.3. The molecule has 0 aromatic carbocycles. The van der Waals surface area contributed by atoms with Gasteiger partial charge in [0.2, 0.25) is 0 Å². The van der Waals surface area contributed by atoms with Crippen LogP contribution < -0.4 is 0 Å². The quantitative estimate of drug-likeness (QED) is 0.463. The molecule has 3 rings (SSSR count). The van der Waals surface area contributed by atoms with Crippen molar-refractivity contribution < 1.29 is 0 Å². The molecule has 0 amide bonds. The molecular weight excluding hydrogens is 108 g/mol. The van der Waals surface area contributed by atoms with Crippen LogP contribution in [0.3, 0.4) is 0 Å². The number of rotatable bonds is 0. The molecule has 3 aliphatic rings. The fraction of sp³-hybridized carbons (Fsp3) is 1.00. The molecule has 0 aliphatic heterocycles. The lowest BCUT2D eigenvalue weighted by atomic mass is 9.39. The Kier molecular flexibility index (Phi) is 0.574. The third-order valence-corrected chi connectivity index (χ3v) is 4.60. The van der Waals surface area contributed by atoms with Gasteiger partial charge in [0.15, 0.2) is 0 Å². The summed E-state index contributed by atoms with van der Waals surface area (Å²) < 4.78 is 0. The average Bonchev–Trinajstić information content (AvgIpc) is 2.09.